The quantitative estimate of drug-likeness (QED) is 0.0475. The first-order valence-corrected chi connectivity index (χ1v) is 20.1. The van der Waals surface area contributed by atoms with Gasteiger partial charge in [-0.25, -0.2) is 0 Å². The first-order chi connectivity index (χ1) is 22.2. The Bertz CT molecular complexity index is 647. The van der Waals surface area contributed by atoms with Crippen LogP contribution in [0.3, 0.4) is 0 Å². The summed E-state index contributed by atoms with van der Waals surface area (Å²) in [5.74, 6) is -0.0662. The van der Waals surface area contributed by atoms with Gasteiger partial charge in [0.1, 0.15) is 0 Å². The first kappa shape index (κ1) is 43.9. The molecular weight excluding hydrogens is 554 g/mol. The number of carbonyl (C=O) groups excluding carboxylic acids is 1. The van der Waals surface area contributed by atoms with Gasteiger partial charge in [-0.2, -0.15) is 0 Å². The van der Waals surface area contributed by atoms with Gasteiger partial charge in [-0.1, -0.05) is 186 Å². The number of allylic oxidation sites excluding steroid dienone is 3. The van der Waals surface area contributed by atoms with E-state index in [0.717, 1.165) is 25.7 Å². The molecule has 3 N–H and O–H groups in total. The van der Waals surface area contributed by atoms with Crippen molar-refractivity contribution < 1.29 is 15.0 Å². The number of nitrogens with one attached hydrogen (secondary N) is 1. The van der Waals surface area contributed by atoms with Crippen molar-refractivity contribution in [1.82, 2.24) is 5.32 Å². The summed E-state index contributed by atoms with van der Waals surface area (Å²) in [5, 5.41) is 22.9. The maximum absolute atomic E-state index is 12.3. The Morgan fingerprint density at radius 1 is 0.511 bits per heavy atom. The second-order valence-electron chi connectivity index (χ2n) is 13.7. The maximum atomic E-state index is 12.3. The van der Waals surface area contributed by atoms with Gasteiger partial charge in [0.25, 0.3) is 0 Å². The molecule has 4 nitrogen and oxygen atoms in total. The highest BCUT2D eigenvalue weighted by atomic mass is 16.3. The Morgan fingerprint density at radius 3 is 1.22 bits per heavy atom. The fraction of sp³-hybridized carbons (Fsp3) is 0.878. The average Bonchev–Trinajstić information content (AvgIpc) is 3.04. The van der Waals surface area contributed by atoms with Crippen molar-refractivity contribution in [3.63, 3.8) is 0 Å². The van der Waals surface area contributed by atoms with E-state index >= 15 is 0 Å². The van der Waals surface area contributed by atoms with Gasteiger partial charge in [-0.15, -0.1) is 0 Å². The monoisotopic (exact) mass is 634 g/mol. The zero-order valence-corrected chi connectivity index (χ0v) is 30.4. The Hall–Kier alpha value is -1.13. The molecule has 0 radical (unpaired) electrons. The van der Waals surface area contributed by atoms with Crippen LogP contribution in [0, 0.1) is 0 Å². The maximum Gasteiger partial charge on any atom is 0.220 e. The lowest BCUT2D eigenvalue weighted by atomic mass is 10.0. The van der Waals surface area contributed by atoms with Crippen LogP contribution < -0.4 is 5.32 Å². The van der Waals surface area contributed by atoms with E-state index in [4.69, 9.17) is 0 Å². The predicted molar refractivity (Wildman–Crippen MR) is 198 cm³/mol. The number of amides is 1. The molecule has 0 heterocycles. The van der Waals surface area contributed by atoms with Crippen molar-refractivity contribution in [3.8, 4) is 0 Å². The highest BCUT2D eigenvalue weighted by Crippen LogP contribution is 2.14. The highest BCUT2D eigenvalue weighted by molar-refractivity contribution is 5.76. The molecule has 0 aromatic rings. The van der Waals surface area contributed by atoms with Gasteiger partial charge < -0.3 is 15.5 Å². The minimum atomic E-state index is -0.836. The van der Waals surface area contributed by atoms with Crippen LogP contribution in [0.1, 0.15) is 213 Å². The van der Waals surface area contributed by atoms with Gasteiger partial charge in [0.15, 0.2) is 0 Å². The zero-order valence-electron chi connectivity index (χ0n) is 30.4. The number of unbranched alkanes of at least 4 members (excludes halogenated alkanes) is 27. The molecule has 0 aromatic carbocycles. The third kappa shape index (κ3) is 34.0. The van der Waals surface area contributed by atoms with Gasteiger partial charge >= 0.3 is 0 Å². The van der Waals surface area contributed by atoms with Crippen LogP contribution in [0.25, 0.3) is 0 Å². The van der Waals surface area contributed by atoms with Crippen LogP contribution in [0.15, 0.2) is 24.3 Å². The fourth-order valence-corrected chi connectivity index (χ4v) is 6.05. The summed E-state index contributed by atoms with van der Waals surface area (Å²) >= 11 is 0. The molecular formula is C41H79NO3. The third-order valence-corrected chi connectivity index (χ3v) is 9.18. The van der Waals surface area contributed by atoms with Gasteiger partial charge in [-0.05, 0) is 44.9 Å². The van der Waals surface area contributed by atoms with E-state index < -0.39 is 12.1 Å². The fourth-order valence-electron chi connectivity index (χ4n) is 6.05. The molecule has 0 aliphatic heterocycles. The number of carbonyl (C=O) groups is 1. The van der Waals surface area contributed by atoms with E-state index in [1.807, 2.05) is 6.08 Å². The molecule has 4 heteroatoms. The summed E-state index contributed by atoms with van der Waals surface area (Å²) in [7, 11) is 0. The summed E-state index contributed by atoms with van der Waals surface area (Å²) in [5.41, 5.74) is 0. The number of hydrogen-bond acceptors (Lipinski definition) is 3. The molecule has 0 aliphatic rings. The predicted octanol–water partition coefficient (Wildman–Crippen LogP) is 12.1. The van der Waals surface area contributed by atoms with E-state index in [1.54, 1.807) is 6.08 Å². The second kappa shape index (κ2) is 37.3. The standard InChI is InChI=1S/C41H79NO3/c1-3-5-7-9-11-13-15-17-19-20-21-22-23-25-27-29-31-33-35-37-41(45)42-39(38-43)40(44)36-34-32-30-28-26-24-18-16-14-12-10-8-6-4-2/h17,19,34,36,39-40,43-44H,3-16,18,20-33,35,37-38H2,1-2H3,(H,42,45)/b19-17+,36-34+/t39-,40+/m0/s1. The van der Waals surface area contributed by atoms with Crippen molar-refractivity contribution in [1.29, 1.82) is 0 Å². The number of hydrogen-bond donors (Lipinski definition) is 3. The molecule has 0 aliphatic carbocycles. The molecule has 0 bridgehead atoms. The molecule has 0 saturated heterocycles. The van der Waals surface area contributed by atoms with Crippen molar-refractivity contribution in [2.24, 2.45) is 0 Å². The van der Waals surface area contributed by atoms with Crippen LogP contribution in [0.5, 0.6) is 0 Å². The normalized spacial score (nSPS) is 13.2. The zero-order chi connectivity index (χ0) is 32.9. The third-order valence-electron chi connectivity index (χ3n) is 9.18. The minimum Gasteiger partial charge on any atom is -0.394 e. The second-order valence-corrected chi connectivity index (χ2v) is 13.7. The SMILES string of the molecule is CCCCCCCC/C=C/CCCCCCCCCCCC(=O)N[C@@H](CO)[C@H](O)/C=C/CCCCCCCCCCCCCC. The molecule has 0 aromatic heterocycles. The number of aliphatic hydroxyl groups excluding tert-OH is 2. The lowest BCUT2D eigenvalue weighted by molar-refractivity contribution is -0.123. The molecule has 0 rings (SSSR count). The molecule has 0 fully saturated rings. The van der Waals surface area contributed by atoms with Crippen LogP contribution in [-0.4, -0.2) is 34.9 Å². The topological polar surface area (TPSA) is 69.6 Å². The summed E-state index contributed by atoms with van der Waals surface area (Å²) < 4.78 is 0. The molecule has 0 spiro atoms. The molecule has 266 valence electrons. The van der Waals surface area contributed by atoms with E-state index in [2.05, 4.69) is 31.3 Å². The van der Waals surface area contributed by atoms with Gasteiger partial charge in [0.2, 0.25) is 5.91 Å². The highest BCUT2D eigenvalue weighted by Gasteiger charge is 2.17. The van der Waals surface area contributed by atoms with Crippen LogP contribution in [-0.2, 0) is 4.79 Å². The van der Waals surface area contributed by atoms with E-state index in [0.29, 0.717) is 6.42 Å². The minimum absolute atomic E-state index is 0.0662. The van der Waals surface area contributed by atoms with Crippen molar-refractivity contribution in [2.75, 3.05) is 6.61 Å². The smallest absolute Gasteiger partial charge is 0.220 e. The lowest BCUT2D eigenvalue weighted by Gasteiger charge is -2.20. The molecule has 2 atom stereocenters. The first-order valence-electron chi connectivity index (χ1n) is 20.1. The van der Waals surface area contributed by atoms with Crippen molar-refractivity contribution >= 4 is 5.91 Å². The molecule has 0 unspecified atom stereocenters. The summed E-state index contributed by atoms with van der Waals surface area (Å²) in [4.78, 5) is 12.3. The molecule has 1 amide bonds. The Morgan fingerprint density at radius 2 is 0.844 bits per heavy atom. The molecule has 45 heavy (non-hydrogen) atoms. The number of aliphatic hydroxyl groups is 2. The van der Waals surface area contributed by atoms with Crippen molar-refractivity contribution in [3.05, 3.63) is 24.3 Å². The summed E-state index contributed by atoms with van der Waals surface area (Å²) in [6.45, 7) is 4.30. The van der Waals surface area contributed by atoms with Gasteiger partial charge in [0, 0.05) is 6.42 Å². The van der Waals surface area contributed by atoms with Crippen molar-refractivity contribution in [2.45, 2.75) is 225 Å². The summed E-state index contributed by atoms with van der Waals surface area (Å²) in [6, 6.07) is -0.619. The van der Waals surface area contributed by atoms with Crippen LogP contribution in [0.4, 0.5) is 0 Å². The average molecular weight is 634 g/mol. The largest absolute Gasteiger partial charge is 0.394 e. The molecule has 0 saturated carbocycles. The van der Waals surface area contributed by atoms with Gasteiger partial charge in [0.05, 0.1) is 18.8 Å². The summed E-state index contributed by atoms with van der Waals surface area (Å²) in [6.07, 6.45) is 46.9. The van der Waals surface area contributed by atoms with Crippen LogP contribution >= 0.6 is 0 Å². The Labute approximate surface area is 281 Å². The lowest BCUT2D eigenvalue weighted by Crippen LogP contribution is -2.45. The number of rotatable bonds is 36. The Balaban J connectivity index is 3.58. The van der Waals surface area contributed by atoms with Crippen LogP contribution in [0.2, 0.25) is 0 Å². The van der Waals surface area contributed by atoms with Gasteiger partial charge in [-0.3, -0.25) is 4.79 Å². The van der Waals surface area contributed by atoms with E-state index in [9.17, 15) is 15.0 Å². The van der Waals surface area contributed by atoms with E-state index in [1.165, 1.54) is 167 Å². The Kier molecular flexibility index (Phi) is 36.4. The van der Waals surface area contributed by atoms with E-state index in [-0.39, 0.29) is 12.5 Å².